The number of ketones is 1. The van der Waals surface area contributed by atoms with Gasteiger partial charge in [-0.1, -0.05) is 42.5 Å². The molecular weight excluding hydrogens is 436 g/mol. The number of likely N-dealkylation sites (N-methyl/N-ethyl adjacent to an activating group) is 1. The van der Waals surface area contributed by atoms with Gasteiger partial charge < -0.3 is 19.5 Å². The number of imidazole rings is 1. The Morgan fingerprint density at radius 1 is 0.914 bits per heavy atom. The van der Waals surface area contributed by atoms with E-state index in [1.54, 1.807) is 0 Å². The van der Waals surface area contributed by atoms with Crippen molar-refractivity contribution in [1.82, 2.24) is 19.8 Å². The Kier molecular flexibility index (Phi) is 7.21. The lowest BCUT2D eigenvalue weighted by Gasteiger charge is -2.32. The molecule has 0 unspecified atom stereocenters. The van der Waals surface area contributed by atoms with Crippen LogP contribution in [0.3, 0.4) is 0 Å². The van der Waals surface area contributed by atoms with Gasteiger partial charge in [0.2, 0.25) is 0 Å². The van der Waals surface area contributed by atoms with Crippen molar-refractivity contribution in [2.45, 2.75) is 12.8 Å². The molecule has 180 valence electrons. The van der Waals surface area contributed by atoms with Crippen molar-refractivity contribution in [2.75, 3.05) is 46.4 Å². The van der Waals surface area contributed by atoms with E-state index >= 15 is 0 Å². The van der Waals surface area contributed by atoms with Crippen LogP contribution >= 0.6 is 0 Å². The first-order valence-corrected chi connectivity index (χ1v) is 12.4. The second-order valence-corrected chi connectivity index (χ2v) is 9.24. The van der Waals surface area contributed by atoms with Crippen molar-refractivity contribution in [3.8, 4) is 17.1 Å². The van der Waals surface area contributed by atoms with Gasteiger partial charge in [0.05, 0.1) is 17.6 Å². The molecule has 0 aliphatic carbocycles. The predicted molar refractivity (Wildman–Crippen MR) is 140 cm³/mol. The van der Waals surface area contributed by atoms with Crippen LogP contribution in [0.5, 0.6) is 5.75 Å². The van der Waals surface area contributed by atoms with Gasteiger partial charge in [-0.25, -0.2) is 4.98 Å². The summed E-state index contributed by atoms with van der Waals surface area (Å²) in [6.45, 7) is 6.51. The molecule has 1 aliphatic heterocycles. The predicted octanol–water partition coefficient (Wildman–Crippen LogP) is 4.87. The van der Waals surface area contributed by atoms with E-state index in [0.717, 1.165) is 60.6 Å². The molecule has 0 amide bonds. The summed E-state index contributed by atoms with van der Waals surface area (Å²) in [4.78, 5) is 25.9. The van der Waals surface area contributed by atoms with Crippen molar-refractivity contribution in [3.63, 3.8) is 0 Å². The van der Waals surface area contributed by atoms with Gasteiger partial charge >= 0.3 is 0 Å². The number of carbonyl (C=O) groups is 1. The number of hydrogen-bond acceptors (Lipinski definition) is 5. The summed E-state index contributed by atoms with van der Waals surface area (Å²) >= 11 is 0. The highest BCUT2D eigenvalue weighted by molar-refractivity contribution is 6.10. The number of fused-ring (bicyclic) bond motifs is 1. The van der Waals surface area contributed by atoms with Crippen molar-refractivity contribution < 1.29 is 9.53 Å². The molecule has 1 fully saturated rings. The van der Waals surface area contributed by atoms with E-state index in [4.69, 9.17) is 9.72 Å². The van der Waals surface area contributed by atoms with Crippen molar-refractivity contribution in [3.05, 3.63) is 83.9 Å². The van der Waals surface area contributed by atoms with E-state index in [2.05, 4.69) is 21.8 Å². The second kappa shape index (κ2) is 10.8. The normalized spacial score (nSPS) is 14.9. The minimum absolute atomic E-state index is 0.0000650. The average molecular weight is 469 g/mol. The van der Waals surface area contributed by atoms with Crippen molar-refractivity contribution in [1.29, 1.82) is 0 Å². The number of nitrogens with zero attached hydrogens (tertiary/aromatic N) is 3. The van der Waals surface area contributed by atoms with Crippen LogP contribution in [0.15, 0.2) is 72.8 Å². The van der Waals surface area contributed by atoms with Crippen LogP contribution in [0.4, 0.5) is 0 Å². The van der Waals surface area contributed by atoms with Gasteiger partial charge in [0.25, 0.3) is 0 Å². The van der Waals surface area contributed by atoms with Gasteiger partial charge in [-0.05, 0) is 56.8 Å². The number of aromatic amines is 1. The molecule has 0 bridgehead atoms. The van der Waals surface area contributed by atoms with Gasteiger partial charge in [0, 0.05) is 42.9 Å². The van der Waals surface area contributed by atoms with E-state index < -0.39 is 0 Å². The first kappa shape index (κ1) is 23.3. The molecule has 4 aromatic rings. The highest BCUT2D eigenvalue weighted by atomic mass is 16.5. The van der Waals surface area contributed by atoms with Gasteiger partial charge in [0.1, 0.15) is 11.6 Å². The molecule has 3 aromatic carbocycles. The summed E-state index contributed by atoms with van der Waals surface area (Å²) in [5, 5.41) is 0. The third-order valence-electron chi connectivity index (χ3n) is 6.62. The monoisotopic (exact) mass is 468 g/mol. The number of aromatic nitrogens is 2. The number of H-pyrrole nitrogens is 1. The molecule has 0 spiro atoms. The number of ether oxygens (including phenoxy) is 1. The highest BCUT2D eigenvalue weighted by Gasteiger charge is 2.14. The Morgan fingerprint density at radius 2 is 1.74 bits per heavy atom. The molecule has 5 rings (SSSR count). The Hall–Kier alpha value is -3.48. The number of nitrogens with one attached hydrogen (secondary N) is 1. The first-order valence-electron chi connectivity index (χ1n) is 12.4. The Bertz CT molecular complexity index is 1280. The molecule has 2 heterocycles. The van der Waals surface area contributed by atoms with E-state index in [-0.39, 0.29) is 5.78 Å². The quantitative estimate of drug-likeness (QED) is 0.281. The molecule has 1 aromatic heterocycles. The average Bonchev–Trinajstić information content (AvgIpc) is 3.33. The lowest BCUT2D eigenvalue weighted by molar-refractivity contribution is 0.103. The summed E-state index contributed by atoms with van der Waals surface area (Å²) in [5.74, 6) is 1.62. The zero-order valence-corrected chi connectivity index (χ0v) is 20.2. The number of rotatable bonds is 9. The van der Waals surface area contributed by atoms with E-state index in [1.807, 2.05) is 72.8 Å². The standard InChI is InChI=1S/C29H32N4O2/c1-32-15-17-33(18-16-32)14-5-6-19-35-25-11-7-10-24(20-25)29-30-26-13-12-23(21-27(26)31-29)28(34)22-8-3-2-4-9-22/h2-4,7-13,20-21H,5-6,14-19H2,1H3,(H,30,31). The maximum Gasteiger partial charge on any atom is 0.193 e. The maximum atomic E-state index is 12.8. The second-order valence-electron chi connectivity index (χ2n) is 9.24. The van der Waals surface area contributed by atoms with Crippen LogP contribution < -0.4 is 4.74 Å². The summed E-state index contributed by atoms with van der Waals surface area (Å²) in [6.07, 6.45) is 2.19. The zero-order valence-electron chi connectivity index (χ0n) is 20.2. The number of piperazine rings is 1. The fourth-order valence-electron chi connectivity index (χ4n) is 4.47. The summed E-state index contributed by atoms with van der Waals surface area (Å²) in [6, 6.07) is 23.0. The number of carbonyl (C=O) groups excluding carboxylic acids is 1. The Labute approximate surface area is 206 Å². The van der Waals surface area contributed by atoms with Crippen LogP contribution in [0.1, 0.15) is 28.8 Å². The van der Waals surface area contributed by atoms with Crippen molar-refractivity contribution in [2.24, 2.45) is 0 Å². The number of benzene rings is 3. The van der Waals surface area contributed by atoms with E-state index in [1.165, 1.54) is 13.1 Å². The minimum Gasteiger partial charge on any atom is -0.494 e. The summed E-state index contributed by atoms with van der Waals surface area (Å²) in [5.41, 5.74) is 3.95. The fraction of sp³-hybridized carbons (Fsp3) is 0.310. The van der Waals surface area contributed by atoms with Crippen LogP contribution in [0.25, 0.3) is 22.4 Å². The largest absolute Gasteiger partial charge is 0.494 e. The molecule has 0 radical (unpaired) electrons. The Balaban J connectivity index is 1.19. The molecule has 1 saturated heterocycles. The topological polar surface area (TPSA) is 61.5 Å². The first-order chi connectivity index (χ1) is 17.2. The van der Waals surface area contributed by atoms with Gasteiger partial charge in [-0.2, -0.15) is 0 Å². The molecule has 35 heavy (non-hydrogen) atoms. The maximum absolute atomic E-state index is 12.8. The van der Waals surface area contributed by atoms with Gasteiger partial charge in [0.15, 0.2) is 5.78 Å². The molecule has 6 nitrogen and oxygen atoms in total. The van der Waals surface area contributed by atoms with Crippen molar-refractivity contribution >= 4 is 16.8 Å². The third-order valence-corrected chi connectivity index (χ3v) is 6.62. The minimum atomic E-state index is 0.0000650. The molecule has 1 N–H and O–H groups in total. The summed E-state index contributed by atoms with van der Waals surface area (Å²) < 4.78 is 6.04. The van der Waals surface area contributed by atoms with Crippen LogP contribution in [-0.2, 0) is 0 Å². The molecular formula is C29H32N4O2. The van der Waals surface area contributed by atoms with E-state index in [9.17, 15) is 4.79 Å². The SMILES string of the molecule is CN1CCN(CCCCOc2cccc(-c3nc4cc(C(=O)c5ccccc5)ccc4[nH]3)c2)CC1. The Morgan fingerprint density at radius 3 is 2.57 bits per heavy atom. The third kappa shape index (κ3) is 5.78. The fourth-order valence-corrected chi connectivity index (χ4v) is 4.47. The lowest BCUT2D eigenvalue weighted by Crippen LogP contribution is -2.44. The molecule has 0 atom stereocenters. The molecule has 1 aliphatic rings. The number of unbranched alkanes of at least 4 members (excludes halogenated alkanes) is 1. The summed E-state index contributed by atoms with van der Waals surface area (Å²) in [7, 11) is 2.19. The molecule has 0 saturated carbocycles. The lowest BCUT2D eigenvalue weighted by atomic mass is 10.0. The highest BCUT2D eigenvalue weighted by Crippen LogP contribution is 2.25. The van der Waals surface area contributed by atoms with Crippen LogP contribution in [0.2, 0.25) is 0 Å². The van der Waals surface area contributed by atoms with E-state index in [0.29, 0.717) is 17.7 Å². The molecule has 6 heteroatoms. The van der Waals surface area contributed by atoms with Gasteiger partial charge in [-0.15, -0.1) is 0 Å². The van der Waals surface area contributed by atoms with Crippen LogP contribution in [0, 0.1) is 0 Å². The number of hydrogen-bond donors (Lipinski definition) is 1. The van der Waals surface area contributed by atoms with Gasteiger partial charge in [-0.3, -0.25) is 4.79 Å². The smallest absolute Gasteiger partial charge is 0.193 e. The van der Waals surface area contributed by atoms with Crippen LogP contribution in [-0.4, -0.2) is 71.9 Å². The zero-order chi connectivity index (χ0) is 24.0.